The fourth-order valence-corrected chi connectivity index (χ4v) is 4.22. The summed E-state index contributed by atoms with van der Waals surface area (Å²) in [5.74, 6) is 0.0835. The number of rotatable bonds is 7. The van der Waals surface area contributed by atoms with Gasteiger partial charge in [0, 0.05) is 31.7 Å². The molecule has 8 heteroatoms. The Morgan fingerprint density at radius 2 is 1.94 bits per heavy atom. The number of morpholine rings is 1. The van der Waals surface area contributed by atoms with E-state index in [-0.39, 0.29) is 11.3 Å². The van der Waals surface area contributed by atoms with E-state index < -0.39 is 17.7 Å². The summed E-state index contributed by atoms with van der Waals surface area (Å²) in [6.45, 7) is 6.10. The van der Waals surface area contributed by atoms with Gasteiger partial charge in [0.1, 0.15) is 29.1 Å². The number of carbonyl (C=O) groups is 2. The van der Waals surface area contributed by atoms with Gasteiger partial charge in [0.15, 0.2) is 0 Å². The highest BCUT2D eigenvalue weighted by Gasteiger charge is 2.47. The summed E-state index contributed by atoms with van der Waals surface area (Å²) in [6, 6.07) is 9.53. The average molecular weight is 440 g/mol. The van der Waals surface area contributed by atoms with Crippen LogP contribution in [0.5, 0.6) is 5.75 Å². The zero-order valence-corrected chi connectivity index (χ0v) is 18.4. The van der Waals surface area contributed by atoms with Crippen molar-refractivity contribution in [3.63, 3.8) is 0 Å². The quantitative estimate of drug-likeness (QED) is 0.402. The van der Waals surface area contributed by atoms with Crippen molar-refractivity contribution in [2.24, 2.45) is 0 Å². The Hall–Kier alpha value is -3.10. The molecule has 1 aromatic carbocycles. The third kappa shape index (κ3) is 4.42. The van der Waals surface area contributed by atoms with Crippen molar-refractivity contribution in [3.8, 4) is 5.75 Å². The highest BCUT2D eigenvalue weighted by atomic mass is 16.5. The lowest BCUT2D eigenvalue weighted by molar-refractivity contribution is -0.140. The number of carbonyl (C=O) groups excluding carboxylic acids is 2. The Bertz CT molecular complexity index is 1020. The summed E-state index contributed by atoms with van der Waals surface area (Å²) >= 11 is 0. The first-order chi connectivity index (χ1) is 15.5. The maximum atomic E-state index is 13.0. The molecule has 0 saturated carbocycles. The maximum absolute atomic E-state index is 13.0. The van der Waals surface area contributed by atoms with Crippen LogP contribution in [0.1, 0.15) is 29.5 Å². The number of benzene rings is 1. The summed E-state index contributed by atoms with van der Waals surface area (Å²) in [5.41, 5.74) is 0.438. The first-order valence-electron chi connectivity index (χ1n) is 10.8. The average Bonchev–Trinajstić information content (AvgIpc) is 3.35. The Balaban J connectivity index is 1.65. The van der Waals surface area contributed by atoms with E-state index in [9.17, 15) is 14.7 Å². The topological polar surface area (TPSA) is 92.5 Å². The largest absolute Gasteiger partial charge is 0.507 e. The van der Waals surface area contributed by atoms with Gasteiger partial charge in [0.05, 0.1) is 25.9 Å². The van der Waals surface area contributed by atoms with Crippen LogP contribution in [0, 0.1) is 6.92 Å². The number of hydrogen-bond acceptors (Lipinski definition) is 7. The number of furan rings is 1. The van der Waals surface area contributed by atoms with Gasteiger partial charge in [-0.15, -0.1) is 0 Å². The Labute approximate surface area is 187 Å². The van der Waals surface area contributed by atoms with E-state index in [1.54, 1.807) is 43.3 Å². The van der Waals surface area contributed by atoms with Crippen LogP contribution in [0.3, 0.4) is 0 Å². The van der Waals surface area contributed by atoms with E-state index in [4.69, 9.17) is 13.9 Å². The lowest BCUT2D eigenvalue weighted by Crippen LogP contribution is -2.38. The predicted molar refractivity (Wildman–Crippen MR) is 117 cm³/mol. The van der Waals surface area contributed by atoms with Crippen molar-refractivity contribution in [1.82, 2.24) is 9.80 Å². The fraction of sp³-hybridized carbons (Fsp3) is 0.417. The van der Waals surface area contributed by atoms with Gasteiger partial charge in [-0.25, -0.2) is 0 Å². The molecule has 0 spiro atoms. The lowest BCUT2D eigenvalue weighted by Gasteiger charge is -2.28. The van der Waals surface area contributed by atoms with Crippen molar-refractivity contribution in [2.75, 3.05) is 46.5 Å². The van der Waals surface area contributed by atoms with Crippen LogP contribution < -0.4 is 4.74 Å². The minimum absolute atomic E-state index is 0.0315. The number of likely N-dealkylation sites (tertiary alicyclic amines) is 1. The van der Waals surface area contributed by atoms with Crippen LogP contribution in [0.2, 0.25) is 0 Å². The number of methoxy groups -OCH3 is 1. The van der Waals surface area contributed by atoms with Gasteiger partial charge in [-0.1, -0.05) is 12.1 Å². The van der Waals surface area contributed by atoms with Gasteiger partial charge >= 0.3 is 0 Å². The monoisotopic (exact) mass is 440 g/mol. The van der Waals surface area contributed by atoms with Gasteiger partial charge in [-0.2, -0.15) is 0 Å². The Morgan fingerprint density at radius 3 is 2.62 bits per heavy atom. The number of aliphatic hydroxyl groups excluding tert-OH is 1. The molecule has 0 aliphatic carbocycles. The molecule has 2 fully saturated rings. The van der Waals surface area contributed by atoms with E-state index in [0.29, 0.717) is 49.0 Å². The van der Waals surface area contributed by atoms with Crippen LogP contribution in [0.25, 0.3) is 5.76 Å². The van der Waals surface area contributed by atoms with Crippen molar-refractivity contribution in [2.45, 2.75) is 19.4 Å². The molecule has 0 unspecified atom stereocenters. The number of amides is 1. The van der Waals surface area contributed by atoms with E-state index in [1.807, 2.05) is 0 Å². The minimum atomic E-state index is -0.778. The van der Waals surface area contributed by atoms with Crippen LogP contribution >= 0.6 is 0 Å². The third-order valence-electron chi connectivity index (χ3n) is 5.89. The predicted octanol–water partition coefficient (Wildman–Crippen LogP) is 2.74. The minimum Gasteiger partial charge on any atom is -0.507 e. The van der Waals surface area contributed by atoms with E-state index in [2.05, 4.69) is 4.90 Å². The molecule has 1 amide bonds. The first-order valence-corrected chi connectivity index (χ1v) is 10.8. The van der Waals surface area contributed by atoms with E-state index in [0.717, 1.165) is 19.6 Å². The summed E-state index contributed by atoms with van der Waals surface area (Å²) in [4.78, 5) is 29.8. The van der Waals surface area contributed by atoms with Crippen molar-refractivity contribution < 1.29 is 28.6 Å². The van der Waals surface area contributed by atoms with E-state index >= 15 is 0 Å². The summed E-state index contributed by atoms with van der Waals surface area (Å²) in [5, 5.41) is 11.1. The Morgan fingerprint density at radius 1 is 1.16 bits per heavy atom. The number of nitrogens with zero attached hydrogens (tertiary/aromatic N) is 2. The van der Waals surface area contributed by atoms with Crippen molar-refractivity contribution in [3.05, 3.63) is 59.1 Å². The molecule has 1 N–H and O–H groups in total. The second-order valence-corrected chi connectivity index (χ2v) is 7.98. The Kier molecular flexibility index (Phi) is 6.62. The molecular formula is C24H28N2O6. The SMILES string of the molecule is COc1cccc(/C(O)=C2\C(=O)C(=O)N(CCCN3CCOCC3)[C@H]2c2ccc(C)o2)c1. The normalized spacial score (nSPS) is 21.3. The number of hydrogen-bond donors (Lipinski definition) is 1. The van der Waals surface area contributed by atoms with Gasteiger partial charge in [-0.05, 0) is 37.6 Å². The van der Waals surface area contributed by atoms with Crippen molar-refractivity contribution in [1.29, 1.82) is 0 Å². The van der Waals surface area contributed by atoms with Crippen LogP contribution in [-0.2, 0) is 14.3 Å². The molecule has 2 aliphatic heterocycles. The molecule has 2 aromatic rings. The van der Waals surface area contributed by atoms with E-state index in [1.165, 1.54) is 12.0 Å². The zero-order valence-electron chi connectivity index (χ0n) is 18.4. The van der Waals surface area contributed by atoms with Gasteiger partial charge in [0.25, 0.3) is 11.7 Å². The molecule has 3 heterocycles. The molecule has 1 atom stereocenters. The zero-order chi connectivity index (χ0) is 22.7. The molecule has 170 valence electrons. The summed E-state index contributed by atoms with van der Waals surface area (Å²) in [6.07, 6.45) is 0.697. The molecule has 1 aromatic heterocycles. The van der Waals surface area contributed by atoms with Crippen LogP contribution in [0.4, 0.5) is 0 Å². The van der Waals surface area contributed by atoms with Crippen LogP contribution in [0.15, 0.2) is 46.4 Å². The molecule has 0 bridgehead atoms. The number of Topliss-reactive ketones (excluding diaryl/α,β-unsaturated/α-hetero) is 1. The summed E-state index contributed by atoms with van der Waals surface area (Å²) in [7, 11) is 1.53. The second kappa shape index (κ2) is 9.58. The summed E-state index contributed by atoms with van der Waals surface area (Å²) < 4.78 is 16.4. The number of ketones is 1. The smallest absolute Gasteiger partial charge is 0.295 e. The molecule has 2 aliphatic rings. The number of aliphatic hydroxyl groups is 1. The second-order valence-electron chi connectivity index (χ2n) is 7.98. The standard InChI is InChI=1S/C24H28N2O6/c1-16-7-8-19(32-16)21-20(22(27)17-5-3-6-18(15-17)30-2)23(28)24(29)26(21)10-4-9-25-11-13-31-14-12-25/h3,5-8,15,21,27H,4,9-14H2,1-2H3/b22-20+/t21-/m0/s1. The van der Waals surface area contributed by atoms with Gasteiger partial charge in [0.2, 0.25) is 0 Å². The third-order valence-corrected chi connectivity index (χ3v) is 5.89. The highest BCUT2D eigenvalue weighted by Crippen LogP contribution is 2.40. The number of ether oxygens (including phenoxy) is 2. The molecule has 8 nitrogen and oxygen atoms in total. The highest BCUT2D eigenvalue weighted by molar-refractivity contribution is 6.46. The fourth-order valence-electron chi connectivity index (χ4n) is 4.22. The van der Waals surface area contributed by atoms with Gasteiger partial charge in [-0.3, -0.25) is 14.5 Å². The molecule has 32 heavy (non-hydrogen) atoms. The number of aryl methyl sites for hydroxylation is 1. The first kappa shape index (κ1) is 22.1. The maximum Gasteiger partial charge on any atom is 0.295 e. The molecular weight excluding hydrogens is 412 g/mol. The molecule has 0 radical (unpaired) electrons. The van der Waals surface area contributed by atoms with Crippen LogP contribution in [-0.4, -0.2) is 73.1 Å². The van der Waals surface area contributed by atoms with Gasteiger partial charge < -0.3 is 23.9 Å². The van der Waals surface area contributed by atoms with Crippen molar-refractivity contribution >= 4 is 17.4 Å². The lowest BCUT2D eigenvalue weighted by atomic mass is 9.99. The molecule has 2 saturated heterocycles. The molecule has 4 rings (SSSR count).